The monoisotopic (exact) mass is 340 g/mol. The molecule has 0 heterocycles. The molecular weight excluding hydrogens is 316 g/mol. The van der Waals surface area contributed by atoms with E-state index in [0.29, 0.717) is 17.1 Å². The van der Waals surface area contributed by atoms with E-state index in [9.17, 15) is 14.7 Å². The van der Waals surface area contributed by atoms with Gasteiger partial charge in [-0.1, -0.05) is 37.6 Å². The number of aliphatic hydroxyl groups is 1. The lowest BCUT2D eigenvalue weighted by atomic mass is 9.83. The van der Waals surface area contributed by atoms with Crippen LogP contribution in [0.1, 0.15) is 44.0 Å². The highest BCUT2D eigenvalue weighted by atomic mass is 35.5. The maximum Gasteiger partial charge on any atom is 0.253 e. The predicted molar refractivity (Wildman–Crippen MR) is 91.5 cm³/mol. The number of carbonyl (C=O) groups excluding carboxylic acids is 2. The first-order valence-corrected chi connectivity index (χ1v) is 8.21. The molecule has 3 N–H and O–H groups in total. The molecule has 5 nitrogen and oxygen atoms in total. The van der Waals surface area contributed by atoms with Crippen LogP contribution in [0.3, 0.4) is 0 Å². The van der Waals surface area contributed by atoms with Crippen LogP contribution in [-0.2, 0) is 4.79 Å². The van der Waals surface area contributed by atoms with Crippen molar-refractivity contribution in [2.75, 3.05) is 13.2 Å². The molecule has 0 aliphatic rings. The number of rotatable bonds is 8. The van der Waals surface area contributed by atoms with Crippen LogP contribution in [0.5, 0.6) is 0 Å². The van der Waals surface area contributed by atoms with Gasteiger partial charge in [0.25, 0.3) is 5.91 Å². The highest BCUT2D eigenvalue weighted by Gasteiger charge is 2.27. The summed E-state index contributed by atoms with van der Waals surface area (Å²) < 4.78 is 0. The second-order valence-electron chi connectivity index (χ2n) is 5.76. The van der Waals surface area contributed by atoms with Gasteiger partial charge < -0.3 is 15.7 Å². The van der Waals surface area contributed by atoms with Gasteiger partial charge in [0, 0.05) is 12.0 Å². The molecule has 0 fully saturated rings. The minimum Gasteiger partial charge on any atom is -0.396 e. The average molecular weight is 341 g/mol. The van der Waals surface area contributed by atoms with Gasteiger partial charge in [-0.05, 0) is 31.9 Å². The second-order valence-corrected chi connectivity index (χ2v) is 6.17. The third-order valence-corrected chi connectivity index (χ3v) is 4.66. The highest BCUT2D eigenvalue weighted by Crippen LogP contribution is 2.24. The van der Waals surface area contributed by atoms with E-state index in [1.54, 1.807) is 31.2 Å². The van der Waals surface area contributed by atoms with Crippen LogP contribution in [0.15, 0.2) is 24.3 Å². The van der Waals surface area contributed by atoms with Crippen molar-refractivity contribution < 1.29 is 14.7 Å². The Bertz CT molecular complexity index is 536. The Morgan fingerprint density at radius 2 is 1.87 bits per heavy atom. The standard InChI is InChI=1S/C17H25ClN2O3/c1-4-17(5-2,11-21)10-19-15(22)12(3)20-16(23)13-8-6-7-9-14(13)18/h6-9,12,21H,4-5,10-11H2,1-3H3,(H,19,22)(H,20,23). The van der Waals surface area contributed by atoms with Crippen molar-refractivity contribution in [3.8, 4) is 0 Å². The van der Waals surface area contributed by atoms with E-state index >= 15 is 0 Å². The highest BCUT2D eigenvalue weighted by molar-refractivity contribution is 6.33. The van der Waals surface area contributed by atoms with Crippen LogP contribution < -0.4 is 10.6 Å². The van der Waals surface area contributed by atoms with Gasteiger partial charge in [-0.15, -0.1) is 0 Å². The summed E-state index contributed by atoms with van der Waals surface area (Å²) in [6.07, 6.45) is 1.53. The van der Waals surface area contributed by atoms with Crippen molar-refractivity contribution in [1.82, 2.24) is 10.6 Å². The van der Waals surface area contributed by atoms with Crippen LogP contribution in [0.2, 0.25) is 5.02 Å². The summed E-state index contributed by atoms with van der Waals surface area (Å²) in [4.78, 5) is 24.3. The molecule has 0 spiro atoms. The van der Waals surface area contributed by atoms with Crippen molar-refractivity contribution in [3.05, 3.63) is 34.9 Å². The molecule has 1 unspecified atom stereocenters. The molecule has 6 heteroatoms. The fourth-order valence-electron chi connectivity index (χ4n) is 2.19. The molecule has 128 valence electrons. The Labute approximate surface area is 142 Å². The molecule has 23 heavy (non-hydrogen) atoms. The van der Waals surface area contributed by atoms with Gasteiger partial charge in [0.1, 0.15) is 6.04 Å². The van der Waals surface area contributed by atoms with Gasteiger partial charge in [-0.3, -0.25) is 9.59 Å². The summed E-state index contributed by atoms with van der Waals surface area (Å²) in [5, 5.41) is 15.3. The number of benzene rings is 1. The van der Waals surface area contributed by atoms with E-state index in [-0.39, 0.29) is 17.9 Å². The van der Waals surface area contributed by atoms with E-state index in [2.05, 4.69) is 10.6 Å². The maximum atomic E-state index is 12.1. The number of aliphatic hydroxyl groups excluding tert-OH is 1. The molecule has 1 atom stereocenters. The zero-order chi connectivity index (χ0) is 17.5. The summed E-state index contributed by atoms with van der Waals surface area (Å²) in [5.74, 6) is -0.678. The van der Waals surface area contributed by atoms with Crippen molar-refractivity contribution in [2.45, 2.75) is 39.7 Å². The van der Waals surface area contributed by atoms with Crippen LogP contribution in [0.4, 0.5) is 0 Å². The average Bonchev–Trinajstić information content (AvgIpc) is 2.56. The summed E-state index contributed by atoms with van der Waals surface area (Å²) in [7, 11) is 0. The Morgan fingerprint density at radius 1 is 1.26 bits per heavy atom. The number of halogens is 1. The first kappa shape index (κ1) is 19.5. The zero-order valence-electron chi connectivity index (χ0n) is 13.9. The molecule has 0 saturated carbocycles. The lowest BCUT2D eigenvalue weighted by Gasteiger charge is -2.30. The number of carbonyl (C=O) groups is 2. The van der Waals surface area contributed by atoms with E-state index in [1.807, 2.05) is 13.8 Å². The number of amides is 2. The summed E-state index contributed by atoms with van der Waals surface area (Å²) in [6, 6.07) is 5.99. The third kappa shape index (κ3) is 5.22. The summed E-state index contributed by atoms with van der Waals surface area (Å²) >= 11 is 5.97. The lowest BCUT2D eigenvalue weighted by molar-refractivity contribution is -0.123. The quantitative estimate of drug-likeness (QED) is 0.679. The Kier molecular flexibility index (Phi) is 7.52. The van der Waals surface area contributed by atoms with E-state index < -0.39 is 11.9 Å². The Balaban J connectivity index is 2.61. The molecule has 0 saturated heterocycles. The lowest BCUT2D eigenvalue weighted by Crippen LogP contribution is -2.48. The normalized spacial score (nSPS) is 12.6. The topological polar surface area (TPSA) is 78.4 Å². The van der Waals surface area contributed by atoms with Gasteiger partial charge in [0.15, 0.2) is 0 Å². The molecule has 2 amide bonds. The van der Waals surface area contributed by atoms with Crippen LogP contribution >= 0.6 is 11.6 Å². The fourth-order valence-corrected chi connectivity index (χ4v) is 2.41. The zero-order valence-corrected chi connectivity index (χ0v) is 14.6. The van der Waals surface area contributed by atoms with Crippen LogP contribution in [-0.4, -0.2) is 36.1 Å². The van der Waals surface area contributed by atoms with Gasteiger partial charge in [0.05, 0.1) is 17.2 Å². The molecular formula is C17H25ClN2O3. The van der Waals surface area contributed by atoms with E-state index in [1.165, 1.54) is 0 Å². The Hall–Kier alpha value is -1.59. The van der Waals surface area contributed by atoms with E-state index in [0.717, 1.165) is 12.8 Å². The largest absolute Gasteiger partial charge is 0.396 e. The van der Waals surface area contributed by atoms with Gasteiger partial charge in [0.2, 0.25) is 5.91 Å². The van der Waals surface area contributed by atoms with Crippen LogP contribution in [0.25, 0.3) is 0 Å². The first-order chi connectivity index (χ1) is 10.9. The smallest absolute Gasteiger partial charge is 0.253 e. The summed E-state index contributed by atoms with van der Waals surface area (Å²) in [6.45, 7) is 5.97. The van der Waals surface area contributed by atoms with Gasteiger partial charge >= 0.3 is 0 Å². The predicted octanol–water partition coefficient (Wildman–Crippen LogP) is 2.37. The number of hydrogen-bond acceptors (Lipinski definition) is 3. The molecule has 0 bridgehead atoms. The number of hydrogen-bond donors (Lipinski definition) is 3. The molecule has 0 aliphatic carbocycles. The molecule has 1 aromatic rings. The fraction of sp³-hybridized carbons (Fsp3) is 0.529. The molecule has 1 rings (SSSR count). The first-order valence-electron chi connectivity index (χ1n) is 7.83. The third-order valence-electron chi connectivity index (χ3n) is 4.33. The van der Waals surface area contributed by atoms with E-state index in [4.69, 9.17) is 11.6 Å². The maximum absolute atomic E-state index is 12.1. The van der Waals surface area contributed by atoms with Crippen molar-refractivity contribution in [1.29, 1.82) is 0 Å². The van der Waals surface area contributed by atoms with Crippen molar-refractivity contribution in [2.24, 2.45) is 5.41 Å². The number of nitrogens with one attached hydrogen (secondary N) is 2. The summed E-state index contributed by atoms with van der Waals surface area (Å²) in [5.41, 5.74) is 0.0166. The van der Waals surface area contributed by atoms with Gasteiger partial charge in [-0.2, -0.15) is 0 Å². The SMILES string of the molecule is CCC(CC)(CO)CNC(=O)C(C)NC(=O)c1ccccc1Cl. The van der Waals surface area contributed by atoms with Crippen molar-refractivity contribution >= 4 is 23.4 Å². The van der Waals surface area contributed by atoms with Crippen molar-refractivity contribution in [3.63, 3.8) is 0 Å². The molecule has 1 aromatic carbocycles. The molecule has 0 aliphatic heterocycles. The molecule has 0 radical (unpaired) electrons. The second kappa shape index (κ2) is 8.89. The minimum absolute atomic E-state index is 0.0145. The Morgan fingerprint density at radius 3 is 2.39 bits per heavy atom. The molecule has 0 aromatic heterocycles. The van der Waals surface area contributed by atoms with Crippen LogP contribution in [0, 0.1) is 5.41 Å². The minimum atomic E-state index is -0.691. The van der Waals surface area contributed by atoms with Gasteiger partial charge in [-0.25, -0.2) is 0 Å².